The highest BCUT2D eigenvalue weighted by molar-refractivity contribution is 5.43. The zero-order valence-electron chi connectivity index (χ0n) is 17.0. The van der Waals surface area contributed by atoms with Gasteiger partial charge >= 0.3 is 0 Å². The molecule has 5 nitrogen and oxygen atoms in total. The standard InChI is InChI=1S/C23H36O5/c1-2-3-4-7-17(24)9-10-18-19-11-15-6-5-8-22(28-14-23(26)27)20(15)12-16(19)13-21(18)25/h5-6,8,16-19,21,23-27H,2-4,7,9-14H2,1H3/t16-,17+,18+,19-,21+/m0/s1. The fraction of sp³-hybridized carbons (Fsp3) is 0.739. The summed E-state index contributed by atoms with van der Waals surface area (Å²) in [6, 6.07) is 5.96. The zero-order valence-corrected chi connectivity index (χ0v) is 17.0. The summed E-state index contributed by atoms with van der Waals surface area (Å²) >= 11 is 0. The molecule has 2 aliphatic rings. The zero-order chi connectivity index (χ0) is 20.1. The number of benzene rings is 1. The average Bonchev–Trinajstić information content (AvgIpc) is 2.97. The van der Waals surface area contributed by atoms with Crippen molar-refractivity contribution in [2.75, 3.05) is 6.61 Å². The lowest BCUT2D eigenvalue weighted by atomic mass is 9.73. The molecule has 1 aromatic rings. The number of unbranched alkanes of at least 4 members (excludes halogenated alkanes) is 2. The van der Waals surface area contributed by atoms with Crippen LogP contribution in [0.5, 0.6) is 5.75 Å². The lowest BCUT2D eigenvalue weighted by Gasteiger charge is -2.32. The van der Waals surface area contributed by atoms with Crippen LogP contribution < -0.4 is 4.74 Å². The van der Waals surface area contributed by atoms with Gasteiger partial charge in [0.1, 0.15) is 12.4 Å². The molecule has 1 aromatic carbocycles. The van der Waals surface area contributed by atoms with E-state index in [-0.39, 0.29) is 24.7 Å². The molecule has 0 unspecified atom stereocenters. The van der Waals surface area contributed by atoms with Gasteiger partial charge in [0, 0.05) is 0 Å². The lowest BCUT2D eigenvalue weighted by Crippen LogP contribution is -2.28. The van der Waals surface area contributed by atoms with Crippen molar-refractivity contribution in [2.45, 2.75) is 83.2 Å². The fourth-order valence-corrected chi connectivity index (χ4v) is 5.26. The Balaban J connectivity index is 1.62. The van der Waals surface area contributed by atoms with Crippen molar-refractivity contribution < 1.29 is 25.2 Å². The van der Waals surface area contributed by atoms with Crippen LogP contribution >= 0.6 is 0 Å². The normalized spacial score (nSPS) is 27.5. The molecule has 5 atom stereocenters. The second-order valence-corrected chi connectivity index (χ2v) is 8.71. The van der Waals surface area contributed by atoms with E-state index >= 15 is 0 Å². The summed E-state index contributed by atoms with van der Waals surface area (Å²) < 4.78 is 5.60. The minimum absolute atomic E-state index is 0.133. The van der Waals surface area contributed by atoms with Crippen molar-refractivity contribution in [2.24, 2.45) is 17.8 Å². The monoisotopic (exact) mass is 392 g/mol. The van der Waals surface area contributed by atoms with Crippen molar-refractivity contribution in [1.82, 2.24) is 0 Å². The maximum atomic E-state index is 10.7. The van der Waals surface area contributed by atoms with Gasteiger partial charge in [-0.3, -0.25) is 0 Å². The first-order valence-corrected chi connectivity index (χ1v) is 10.9. The molecule has 0 spiro atoms. The molecule has 5 heteroatoms. The van der Waals surface area contributed by atoms with Crippen LogP contribution in [0.25, 0.3) is 0 Å². The minimum Gasteiger partial charge on any atom is -0.488 e. The third kappa shape index (κ3) is 5.26. The molecule has 0 aromatic heterocycles. The Kier molecular flexibility index (Phi) is 7.75. The summed E-state index contributed by atoms with van der Waals surface area (Å²) in [6.07, 6.45) is 6.51. The highest BCUT2D eigenvalue weighted by atomic mass is 16.5. The van der Waals surface area contributed by atoms with Crippen LogP contribution in [0.15, 0.2) is 18.2 Å². The Labute approximate surface area is 168 Å². The first-order valence-electron chi connectivity index (χ1n) is 10.9. The molecule has 1 fully saturated rings. The minimum atomic E-state index is -1.48. The van der Waals surface area contributed by atoms with Gasteiger partial charge in [-0.1, -0.05) is 38.3 Å². The molecule has 0 radical (unpaired) electrons. The van der Waals surface area contributed by atoms with E-state index in [4.69, 9.17) is 14.9 Å². The van der Waals surface area contributed by atoms with Gasteiger partial charge in [-0.2, -0.15) is 0 Å². The quantitative estimate of drug-likeness (QED) is 0.363. The first-order chi connectivity index (χ1) is 13.5. The summed E-state index contributed by atoms with van der Waals surface area (Å²) in [5, 5.41) is 39.1. The summed E-state index contributed by atoms with van der Waals surface area (Å²) in [6.45, 7) is 2.04. The molecular weight excluding hydrogens is 356 g/mol. The molecule has 2 aliphatic carbocycles. The van der Waals surface area contributed by atoms with Crippen LogP contribution in [0, 0.1) is 17.8 Å². The second-order valence-electron chi connectivity index (χ2n) is 8.71. The smallest absolute Gasteiger partial charge is 0.186 e. The summed E-state index contributed by atoms with van der Waals surface area (Å²) in [5.41, 5.74) is 2.39. The van der Waals surface area contributed by atoms with Gasteiger partial charge in [-0.15, -0.1) is 0 Å². The predicted molar refractivity (Wildman–Crippen MR) is 108 cm³/mol. The highest BCUT2D eigenvalue weighted by Crippen LogP contribution is 2.48. The van der Waals surface area contributed by atoms with Gasteiger partial charge in [-0.25, -0.2) is 0 Å². The molecule has 158 valence electrons. The van der Waals surface area contributed by atoms with Crippen LogP contribution in [-0.4, -0.2) is 45.5 Å². The predicted octanol–water partition coefficient (Wildman–Crippen LogP) is 2.81. The van der Waals surface area contributed by atoms with Crippen molar-refractivity contribution in [3.63, 3.8) is 0 Å². The summed E-state index contributed by atoms with van der Waals surface area (Å²) in [4.78, 5) is 0. The number of fused-ring (bicyclic) bond motifs is 2. The van der Waals surface area contributed by atoms with E-state index in [1.165, 1.54) is 18.4 Å². The van der Waals surface area contributed by atoms with Gasteiger partial charge in [0.05, 0.1) is 12.2 Å². The Morgan fingerprint density at radius 3 is 2.68 bits per heavy atom. The Hall–Kier alpha value is -1.14. The molecule has 0 saturated heterocycles. The summed E-state index contributed by atoms with van der Waals surface area (Å²) in [5.74, 6) is 1.86. The third-order valence-electron chi connectivity index (χ3n) is 6.71. The topological polar surface area (TPSA) is 90.2 Å². The van der Waals surface area contributed by atoms with E-state index < -0.39 is 6.29 Å². The van der Waals surface area contributed by atoms with Crippen LogP contribution in [-0.2, 0) is 12.8 Å². The highest BCUT2D eigenvalue weighted by Gasteiger charge is 2.44. The van der Waals surface area contributed by atoms with Gasteiger partial charge in [0.15, 0.2) is 6.29 Å². The molecule has 0 aliphatic heterocycles. The van der Waals surface area contributed by atoms with Crippen molar-refractivity contribution in [3.05, 3.63) is 29.3 Å². The molecule has 0 bridgehead atoms. The third-order valence-corrected chi connectivity index (χ3v) is 6.71. The molecule has 3 rings (SSSR count). The number of rotatable bonds is 10. The molecule has 4 N–H and O–H groups in total. The van der Waals surface area contributed by atoms with Crippen LogP contribution in [0.1, 0.15) is 63.0 Å². The molecular formula is C23H36O5. The van der Waals surface area contributed by atoms with E-state index in [1.807, 2.05) is 12.1 Å². The number of aliphatic hydroxyl groups is 4. The number of ether oxygens (including phenoxy) is 1. The Bertz CT molecular complexity index is 617. The second kappa shape index (κ2) is 10.1. The van der Waals surface area contributed by atoms with E-state index in [0.717, 1.165) is 56.3 Å². The van der Waals surface area contributed by atoms with Crippen LogP contribution in [0.3, 0.4) is 0 Å². The fourth-order valence-electron chi connectivity index (χ4n) is 5.26. The maximum absolute atomic E-state index is 10.7. The van der Waals surface area contributed by atoms with Crippen molar-refractivity contribution in [1.29, 1.82) is 0 Å². The van der Waals surface area contributed by atoms with E-state index in [2.05, 4.69) is 13.0 Å². The molecule has 0 amide bonds. The van der Waals surface area contributed by atoms with E-state index in [0.29, 0.717) is 11.8 Å². The Morgan fingerprint density at radius 1 is 1.11 bits per heavy atom. The van der Waals surface area contributed by atoms with Crippen molar-refractivity contribution >= 4 is 0 Å². The number of hydrogen-bond acceptors (Lipinski definition) is 5. The number of aliphatic hydroxyl groups excluding tert-OH is 3. The largest absolute Gasteiger partial charge is 0.488 e. The maximum Gasteiger partial charge on any atom is 0.186 e. The summed E-state index contributed by atoms with van der Waals surface area (Å²) in [7, 11) is 0. The molecule has 0 heterocycles. The van der Waals surface area contributed by atoms with Gasteiger partial charge < -0.3 is 25.2 Å². The van der Waals surface area contributed by atoms with Gasteiger partial charge in [0.2, 0.25) is 0 Å². The molecule has 28 heavy (non-hydrogen) atoms. The lowest BCUT2D eigenvalue weighted by molar-refractivity contribution is -0.0682. The van der Waals surface area contributed by atoms with Crippen LogP contribution in [0.2, 0.25) is 0 Å². The van der Waals surface area contributed by atoms with E-state index in [9.17, 15) is 10.2 Å². The Morgan fingerprint density at radius 2 is 1.93 bits per heavy atom. The van der Waals surface area contributed by atoms with Gasteiger partial charge in [-0.05, 0) is 73.5 Å². The van der Waals surface area contributed by atoms with Crippen molar-refractivity contribution in [3.8, 4) is 5.75 Å². The van der Waals surface area contributed by atoms with E-state index in [1.54, 1.807) is 0 Å². The van der Waals surface area contributed by atoms with Crippen LogP contribution in [0.4, 0.5) is 0 Å². The first kappa shape index (κ1) is 21.6. The van der Waals surface area contributed by atoms with Gasteiger partial charge in [0.25, 0.3) is 0 Å². The SMILES string of the molecule is CCCCC[C@@H](O)CC[C@@H]1[C@H]2Cc3cccc(OCC(O)O)c3C[C@H]2C[C@H]1O. The number of hydrogen-bond donors (Lipinski definition) is 4. The average molecular weight is 393 g/mol. The molecule has 1 saturated carbocycles.